The van der Waals surface area contributed by atoms with Crippen LogP contribution in [-0.2, 0) is 0 Å². The number of aromatic carboxylic acids is 1. The molecule has 6 heteroatoms. The summed E-state index contributed by atoms with van der Waals surface area (Å²) in [5.41, 5.74) is 1.53. The molecule has 0 aliphatic carbocycles. The molecular formula is C9H6BrNO2S2. The molecular weight excluding hydrogens is 298 g/mol. The van der Waals surface area contributed by atoms with Gasteiger partial charge in [0.1, 0.15) is 9.88 Å². The minimum atomic E-state index is -0.914. The summed E-state index contributed by atoms with van der Waals surface area (Å²) in [4.78, 5) is 15.4. The number of rotatable bonds is 2. The van der Waals surface area contributed by atoms with Crippen LogP contribution in [0.3, 0.4) is 0 Å². The number of aryl methyl sites for hydroxylation is 1. The van der Waals surface area contributed by atoms with E-state index in [1.807, 2.05) is 10.8 Å². The Labute approximate surface area is 103 Å². The van der Waals surface area contributed by atoms with Gasteiger partial charge in [0, 0.05) is 20.8 Å². The van der Waals surface area contributed by atoms with Crippen LogP contribution >= 0.6 is 38.6 Å². The van der Waals surface area contributed by atoms with E-state index in [1.165, 1.54) is 11.3 Å². The number of aromatic nitrogens is 1. The van der Waals surface area contributed by atoms with Crippen LogP contribution in [0.2, 0.25) is 0 Å². The molecule has 0 bridgehead atoms. The highest BCUT2D eigenvalue weighted by molar-refractivity contribution is 9.10. The van der Waals surface area contributed by atoms with E-state index in [1.54, 1.807) is 18.3 Å². The fourth-order valence-electron chi connectivity index (χ4n) is 1.14. The fraction of sp³-hybridized carbons (Fsp3) is 0.111. The lowest BCUT2D eigenvalue weighted by Gasteiger charge is -1.89. The molecule has 0 spiro atoms. The molecule has 0 aliphatic rings. The van der Waals surface area contributed by atoms with Crippen LogP contribution in [0.5, 0.6) is 0 Å². The zero-order valence-corrected chi connectivity index (χ0v) is 10.9. The topological polar surface area (TPSA) is 50.2 Å². The summed E-state index contributed by atoms with van der Waals surface area (Å²) in [7, 11) is 0. The van der Waals surface area contributed by atoms with Gasteiger partial charge in [-0.05, 0) is 22.9 Å². The van der Waals surface area contributed by atoms with Crippen LogP contribution in [0.25, 0.3) is 10.6 Å². The summed E-state index contributed by atoms with van der Waals surface area (Å²) in [5, 5.41) is 13.6. The van der Waals surface area contributed by atoms with Crippen molar-refractivity contribution in [1.29, 1.82) is 0 Å². The van der Waals surface area contributed by atoms with Gasteiger partial charge in [-0.2, -0.15) is 11.3 Å². The molecule has 2 aromatic heterocycles. The third-order valence-corrected chi connectivity index (χ3v) is 4.72. The van der Waals surface area contributed by atoms with E-state index < -0.39 is 5.97 Å². The van der Waals surface area contributed by atoms with Gasteiger partial charge in [-0.3, -0.25) is 0 Å². The van der Waals surface area contributed by atoms with Crippen LogP contribution in [0.15, 0.2) is 15.2 Å². The third kappa shape index (κ3) is 1.97. The van der Waals surface area contributed by atoms with Gasteiger partial charge in [0.05, 0.1) is 5.69 Å². The predicted octanol–water partition coefficient (Wildman–Crippen LogP) is 3.64. The van der Waals surface area contributed by atoms with Gasteiger partial charge in [0.15, 0.2) is 0 Å². The molecule has 1 N–H and O–H groups in total. The van der Waals surface area contributed by atoms with E-state index >= 15 is 0 Å². The summed E-state index contributed by atoms with van der Waals surface area (Å²) < 4.78 is 0.957. The van der Waals surface area contributed by atoms with Crippen molar-refractivity contribution >= 4 is 44.6 Å². The van der Waals surface area contributed by atoms with Crippen LogP contribution in [0, 0.1) is 6.92 Å². The zero-order valence-electron chi connectivity index (χ0n) is 7.65. The molecule has 0 amide bonds. The first-order valence-corrected chi connectivity index (χ1v) is 6.57. The van der Waals surface area contributed by atoms with Crippen molar-refractivity contribution in [2.24, 2.45) is 0 Å². The molecule has 3 nitrogen and oxygen atoms in total. The van der Waals surface area contributed by atoms with Crippen LogP contribution in [-0.4, -0.2) is 16.1 Å². The van der Waals surface area contributed by atoms with Gasteiger partial charge < -0.3 is 5.11 Å². The average molecular weight is 304 g/mol. The van der Waals surface area contributed by atoms with Crippen molar-refractivity contribution in [2.45, 2.75) is 6.92 Å². The minimum Gasteiger partial charge on any atom is -0.477 e. The SMILES string of the molecule is Cc1nc(-c2cscc2Br)sc1C(=O)O. The first kappa shape index (κ1) is 10.8. The maximum Gasteiger partial charge on any atom is 0.347 e. The second-order valence-corrected chi connectivity index (χ2v) is 5.47. The number of nitrogens with zero attached hydrogens (tertiary/aromatic N) is 1. The lowest BCUT2D eigenvalue weighted by atomic mass is 10.3. The highest BCUT2D eigenvalue weighted by Crippen LogP contribution is 2.35. The largest absolute Gasteiger partial charge is 0.477 e. The van der Waals surface area contributed by atoms with Crippen molar-refractivity contribution < 1.29 is 9.90 Å². The summed E-state index contributed by atoms with van der Waals surface area (Å²) in [6, 6.07) is 0. The number of carbonyl (C=O) groups is 1. The summed E-state index contributed by atoms with van der Waals surface area (Å²) in [5.74, 6) is -0.914. The molecule has 0 atom stereocenters. The number of halogens is 1. The van der Waals surface area contributed by atoms with Crippen LogP contribution < -0.4 is 0 Å². The third-order valence-electron chi connectivity index (χ3n) is 1.84. The number of carboxylic acids is 1. The Morgan fingerprint density at radius 3 is 2.73 bits per heavy atom. The van der Waals surface area contributed by atoms with E-state index in [0.29, 0.717) is 10.6 Å². The molecule has 15 heavy (non-hydrogen) atoms. The monoisotopic (exact) mass is 303 g/mol. The second-order valence-electron chi connectivity index (χ2n) is 2.87. The number of hydrogen-bond acceptors (Lipinski definition) is 4. The molecule has 0 unspecified atom stereocenters. The molecule has 2 rings (SSSR count). The first-order chi connectivity index (χ1) is 7.09. The Hall–Kier alpha value is -0.720. The highest BCUT2D eigenvalue weighted by Gasteiger charge is 2.16. The van der Waals surface area contributed by atoms with Gasteiger partial charge in [-0.15, -0.1) is 11.3 Å². The van der Waals surface area contributed by atoms with Crippen molar-refractivity contribution in [3.8, 4) is 10.6 Å². The Morgan fingerprint density at radius 1 is 1.53 bits per heavy atom. The number of thiophene rings is 1. The Balaban J connectivity index is 2.52. The first-order valence-electron chi connectivity index (χ1n) is 4.02. The predicted molar refractivity (Wildman–Crippen MR) is 64.8 cm³/mol. The standard InChI is InChI=1S/C9H6BrNO2S2/c1-4-7(9(12)13)15-8(11-4)5-2-14-3-6(5)10/h2-3H,1H3,(H,12,13). The molecule has 0 aliphatic heterocycles. The smallest absolute Gasteiger partial charge is 0.347 e. The van der Waals surface area contributed by atoms with Gasteiger partial charge in [-0.25, -0.2) is 9.78 Å². The molecule has 0 radical (unpaired) electrons. The quantitative estimate of drug-likeness (QED) is 0.921. The van der Waals surface area contributed by atoms with Crippen molar-refractivity contribution in [1.82, 2.24) is 4.98 Å². The summed E-state index contributed by atoms with van der Waals surface area (Å²) >= 11 is 6.17. The minimum absolute atomic E-state index is 0.308. The second kappa shape index (κ2) is 4.03. The van der Waals surface area contributed by atoms with Crippen molar-refractivity contribution in [3.05, 3.63) is 25.8 Å². The van der Waals surface area contributed by atoms with Crippen molar-refractivity contribution in [2.75, 3.05) is 0 Å². The fourth-order valence-corrected chi connectivity index (χ4v) is 3.75. The van der Waals surface area contributed by atoms with Gasteiger partial charge in [0.25, 0.3) is 0 Å². The molecule has 0 fully saturated rings. The lowest BCUT2D eigenvalue weighted by molar-refractivity contribution is 0.0701. The maximum absolute atomic E-state index is 10.9. The van der Waals surface area contributed by atoms with E-state index in [9.17, 15) is 4.79 Å². The molecule has 2 aromatic rings. The van der Waals surface area contributed by atoms with Crippen LogP contribution in [0.4, 0.5) is 0 Å². The van der Waals surface area contributed by atoms with E-state index in [-0.39, 0.29) is 0 Å². The van der Waals surface area contributed by atoms with Gasteiger partial charge in [0.2, 0.25) is 0 Å². The number of hydrogen-bond donors (Lipinski definition) is 1. The highest BCUT2D eigenvalue weighted by atomic mass is 79.9. The Kier molecular flexibility index (Phi) is 2.90. The van der Waals surface area contributed by atoms with E-state index in [0.717, 1.165) is 15.0 Å². The molecule has 78 valence electrons. The molecule has 2 heterocycles. The number of thiazole rings is 1. The average Bonchev–Trinajstić information content (AvgIpc) is 2.71. The van der Waals surface area contributed by atoms with Gasteiger partial charge >= 0.3 is 5.97 Å². The van der Waals surface area contributed by atoms with Crippen LogP contribution in [0.1, 0.15) is 15.4 Å². The van der Waals surface area contributed by atoms with Gasteiger partial charge in [-0.1, -0.05) is 0 Å². The Morgan fingerprint density at radius 2 is 2.27 bits per heavy atom. The number of carboxylic acid groups (broad SMARTS) is 1. The Bertz CT molecular complexity index is 518. The van der Waals surface area contributed by atoms with Crippen molar-refractivity contribution in [3.63, 3.8) is 0 Å². The summed E-state index contributed by atoms with van der Waals surface area (Å²) in [6.45, 7) is 1.71. The summed E-state index contributed by atoms with van der Waals surface area (Å²) in [6.07, 6.45) is 0. The lowest BCUT2D eigenvalue weighted by Crippen LogP contribution is -1.94. The van der Waals surface area contributed by atoms with E-state index in [2.05, 4.69) is 20.9 Å². The maximum atomic E-state index is 10.9. The molecule has 0 saturated heterocycles. The van der Waals surface area contributed by atoms with E-state index in [4.69, 9.17) is 5.11 Å². The molecule has 0 saturated carbocycles. The zero-order chi connectivity index (χ0) is 11.0. The molecule has 0 aromatic carbocycles. The normalized spacial score (nSPS) is 10.5.